The van der Waals surface area contributed by atoms with Crippen LogP contribution in [0.3, 0.4) is 0 Å². The van der Waals surface area contributed by atoms with Gasteiger partial charge in [-0.3, -0.25) is 4.57 Å². The molecule has 0 aliphatic rings. The van der Waals surface area contributed by atoms with Crippen molar-refractivity contribution in [2.75, 3.05) is 0 Å². The highest BCUT2D eigenvalue weighted by Crippen LogP contribution is 2.20. The first kappa shape index (κ1) is 9.93. The van der Waals surface area contributed by atoms with Crippen LogP contribution >= 0.6 is 31.9 Å². The van der Waals surface area contributed by atoms with E-state index >= 15 is 0 Å². The Bertz CT molecular complexity index is 463. The van der Waals surface area contributed by atoms with Crippen molar-refractivity contribution in [3.63, 3.8) is 0 Å². The van der Waals surface area contributed by atoms with E-state index in [1.54, 1.807) is 0 Å². The van der Waals surface area contributed by atoms with Crippen LogP contribution in [0.4, 0.5) is 0 Å². The molecule has 0 unspecified atom stereocenters. The van der Waals surface area contributed by atoms with E-state index in [4.69, 9.17) is 0 Å². The fourth-order valence-electron chi connectivity index (χ4n) is 1.29. The van der Waals surface area contributed by atoms with Crippen LogP contribution < -0.4 is 0 Å². The summed E-state index contributed by atoms with van der Waals surface area (Å²) in [6.45, 7) is 2.07. The van der Waals surface area contributed by atoms with E-state index in [1.807, 2.05) is 22.9 Å². The molecule has 0 atom stereocenters. The lowest BCUT2D eigenvalue weighted by atomic mass is 10.2. The Kier molecular flexibility index (Phi) is 2.74. The molecule has 4 heteroatoms. The molecular weight excluding hydrogens is 308 g/mol. The van der Waals surface area contributed by atoms with Crippen molar-refractivity contribution in [1.29, 1.82) is 0 Å². The molecule has 1 aromatic heterocycles. The third-order valence-corrected chi connectivity index (χ3v) is 2.85. The maximum atomic E-state index is 4.21. The molecule has 0 saturated heterocycles. The minimum Gasteiger partial charge on any atom is -0.293 e. The van der Waals surface area contributed by atoms with Crippen molar-refractivity contribution >= 4 is 31.9 Å². The summed E-state index contributed by atoms with van der Waals surface area (Å²) < 4.78 is 3.61. The first-order valence-corrected chi connectivity index (χ1v) is 5.73. The largest absolute Gasteiger partial charge is 0.293 e. The monoisotopic (exact) mass is 314 g/mol. The van der Waals surface area contributed by atoms with Crippen LogP contribution in [0.1, 0.15) is 5.56 Å². The zero-order chi connectivity index (χ0) is 10.1. The highest BCUT2D eigenvalue weighted by Gasteiger charge is 2.04. The minimum absolute atomic E-state index is 0.801. The summed E-state index contributed by atoms with van der Waals surface area (Å²) in [6.07, 6.45) is 1.93. The number of hydrogen-bond donors (Lipinski definition) is 0. The SMILES string of the molecule is Cc1cccc(-n2cc(Br)nc2Br)c1. The number of halogens is 2. The Morgan fingerprint density at radius 3 is 2.64 bits per heavy atom. The lowest BCUT2D eigenvalue weighted by molar-refractivity contribution is 1.01. The van der Waals surface area contributed by atoms with E-state index in [0.29, 0.717) is 0 Å². The third kappa shape index (κ3) is 1.91. The van der Waals surface area contributed by atoms with E-state index in [0.717, 1.165) is 15.0 Å². The summed E-state index contributed by atoms with van der Waals surface area (Å²) in [5.41, 5.74) is 2.34. The number of nitrogens with zero attached hydrogens (tertiary/aromatic N) is 2. The molecule has 0 radical (unpaired) electrons. The van der Waals surface area contributed by atoms with Gasteiger partial charge in [0.1, 0.15) is 4.60 Å². The molecule has 2 nitrogen and oxygen atoms in total. The molecule has 72 valence electrons. The van der Waals surface area contributed by atoms with E-state index in [1.165, 1.54) is 5.56 Å². The van der Waals surface area contributed by atoms with Crippen molar-refractivity contribution in [3.05, 3.63) is 45.4 Å². The number of aryl methyl sites for hydroxylation is 1. The molecule has 0 spiro atoms. The Morgan fingerprint density at radius 2 is 2.07 bits per heavy atom. The summed E-state index contributed by atoms with van der Waals surface area (Å²) in [7, 11) is 0. The molecule has 0 aliphatic carbocycles. The fraction of sp³-hybridized carbons (Fsp3) is 0.100. The standard InChI is InChI=1S/C10H8Br2N2/c1-7-3-2-4-8(5-7)14-6-9(11)13-10(14)12/h2-6H,1H3. The number of imidazole rings is 1. The second kappa shape index (κ2) is 3.87. The Balaban J connectivity index is 2.54. The maximum Gasteiger partial charge on any atom is 0.182 e. The number of hydrogen-bond acceptors (Lipinski definition) is 1. The van der Waals surface area contributed by atoms with E-state index < -0.39 is 0 Å². The Labute approximate surface area is 99.2 Å². The zero-order valence-corrected chi connectivity index (χ0v) is 10.7. The van der Waals surface area contributed by atoms with Crippen LogP contribution in [0.15, 0.2) is 39.8 Å². The van der Waals surface area contributed by atoms with Crippen molar-refractivity contribution in [2.45, 2.75) is 6.92 Å². The predicted octanol–water partition coefficient (Wildman–Crippen LogP) is 3.71. The average molecular weight is 316 g/mol. The van der Waals surface area contributed by atoms with Gasteiger partial charge in [-0.1, -0.05) is 12.1 Å². The van der Waals surface area contributed by atoms with Crippen LogP contribution in [0.25, 0.3) is 5.69 Å². The molecule has 0 amide bonds. The van der Waals surface area contributed by atoms with Crippen molar-refractivity contribution < 1.29 is 0 Å². The molecule has 14 heavy (non-hydrogen) atoms. The smallest absolute Gasteiger partial charge is 0.182 e. The van der Waals surface area contributed by atoms with E-state index in [2.05, 4.69) is 55.9 Å². The van der Waals surface area contributed by atoms with Gasteiger partial charge in [-0.25, -0.2) is 4.98 Å². The summed E-state index contributed by atoms with van der Waals surface area (Å²) in [4.78, 5) is 4.21. The van der Waals surface area contributed by atoms with Gasteiger partial charge < -0.3 is 0 Å². The molecule has 0 fully saturated rings. The van der Waals surface area contributed by atoms with Gasteiger partial charge in [0.05, 0.1) is 0 Å². The number of rotatable bonds is 1. The lowest BCUT2D eigenvalue weighted by Crippen LogP contribution is -1.92. The molecule has 1 aromatic carbocycles. The average Bonchev–Trinajstić information content (AvgIpc) is 2.45. The first-order valence-electron chi connectivity index (χ1n) is 4.14. The fourth-order valence-corrected chi connectivity index (χ4v) is 2.40. The Hall–Kier alpha value is -0.610. The number of aromatic nitrogens is 2. The molecule has 0 N–H and O–H groups in total. The van der Waals surface area contributed by atoms with Crippen LogP contribution in [0.5, 0.6) is 0 Å². The van der Waals surface area contributed by atoms with Crippen LogP contribution in [-0.4, -0.2) is 9.55 Å². The van der Waals surface area contributed by atoms with Crippen LogP contribution in [-0.2, 0) is 0 Å². The normalized spacial score (nSPS) is 10.5. The molecule has 0 aliphatic heterocycles. The van der Waals surface area contributed by atoms with E-state index in [-0.39, 0.29) is 0 Å². The van der Waals surface area contributed by atoms with Gasteiger partial charge in [0.25, 0.3) is 0 Å². The van der Waals surface area contributed by atoms with Gasteiger partial charge in [0.2, 0.25) is 0 Å². The summed E-state index contributed by atoms with van der Waals surface area (Å²) >= 11 is 6.74. The molecule has 1 heterocycles. The topological polar surface area (TPSA) is 17.8 Å². The van der Waals surface area contributed by atoms with Gasteiger partial charge in [-0.2, -0.15) is 0 Å². The molecule has 0 saturated carbocycles. The maximum absolute atomic E-state index is 4.21. The quantitative estimate of drug-likeness (QED) is 0.784. The van der Waals surface area contributed by atoms with Crippen LogP contribution in [0, 0.1) is 6.92 Å². The van der Waals surface area contributed by atoms with Crippen LogP contribution in [0.2, 0.25) is 0 Å². The highest BCUT2D eigenvalue weighted by atomic mass is 79.9. The van der Waals surface area contributed by atoms with E-state index in [9.17, 15) is 0 Å². The Morgan fingerprint density at radius 1 is 1.29 bits per heavy atom. The zero-order valence-electron chi connectivity index (χ0n) is 7.54. The third-order valence-electron chi connectivity index (χ3n) is 1.91. The number of benzene rings is 1. The van der Waals surface area contributed by atoms with Gasteiger partial charge in [-0.05, 0) is 56.5 Å². The predicted molar refractivity (Wildman–Crippen MR) is 63.7 cm³/mol. The first-order chi connectivity index (χ1) is 6.66. The summed E-state index contributed by atoms with van der Waals surface area (Å²) in [5, 5.41) is 0. The van der Waals surface area contributed by atoms with Gasteiger partial charge in [-0.15, -0.1) is 0 Å². The van der Waals surface area contributed by atoms with Crippen molar-refractivity contribution in [1.82, 2.24) is 9.55 Å². The second-order valence-corrected chi connectivity index (χ2v) is 4.56. The highest BCUT2D eigenvalue weighted by molar-refractivity contribution is 9.11. The van der Waals surface area contributed by atoms with Gasteiger partial charge in [0, 0.05) is 11.9 Å². The van der Waals surface area contributed by atoms with Crippen molar-refractivity contribution in [2.24, 2.45) is 0 Å². The minimum atomic E-state index is 0.801. The second-order valence-electron chi connectivity index (χ2n) is 3.04. The molecule has 2 aromatic rings. The molecule has 2 rings (SSSR count). The summed E-state index contributed by atoms with van der Waals surface area (Å²) in [6, 6.07) is 8.26. The van der Waals surface area contributed by atoms with Crippen molar-refractivity contribution in [3.8, 4) is 5.69 Å². The lowest BCUT2D eigenvalue weighted by Gasteiger charge is -2.03. The van der Waals surface area contributed by atoms with Gasteiger partial charge >= 0.3 is 0 Å². The van der Waals surface area contributed by atoms with Gasteiger partial charge in [0.15, 0.2) is 4.73 Å². The summed E-state index contributed by atoms with van der Waals surface area (Å²) in [5.74, 6) is 0. The molecular formula is C10H8Br2N2. The molecule has 0 bridgehead atoms.